The van der Waals surface area contributed by atoms with Crippen LogP contribution in [0.25, 0.3) is 0 Å². The van der Waals surface area contributed by atoms with E-state index >= 15 is 0 Å². The Kier molecular flexibility index (Phi) is 4.09. The first-order valence-corrected chi connectivity index (χ1v) is 7.37. The van der Waals surface area contributed by atoms with Gasteiger partial charge in [-0.25, -0.2) is 4.39 Å². The van der Waals surface area contributed by atoms with Gasteiger partial charge in [0.25, 0.3) is 5.91 Å². The highest BCUT2D eigenvalue weighted by atomic mass is 79.9. The third-order valence-electron chi connectivity index (χ3n) is 2.83. The number of nitrogens with zero attached hydrogens (tertiary/aromatic N) is 1. The average molecular weight is 318 g/mol. The lowest BCUT2D eigenvalue weighted by Gasteiger charge is -2.26. The molecule has 0 aliphatic carbocycles. The van der Waals surface area contributed by atoms with E-state index in [4.69, 9.17) is 0 Å². The molecule has 1 aliphatic rings. The lowest BCUT2D eigenvalue weighted by molar-refractivity contribution is 0.0771. The molecule has 1 aromatic rings. The van der Waals surface area contributed by atoms with E-state index in [2.05, 4.69) is 15.9 Å². The summed E-state index contributed by atoms with van der Waals surface area (Å²) in [4.78, 5) is 13.9. The van der Waals surface area contributed by atoms with Crippen LogP contribution in [-0.4, -0.2) is 35.4 Å². The number of amides is 1. The molecule has 1 aromatic carbocycles. The van der Waals surface area contributed by atoms with Crippen LogP contribution in [0.4, 0.5) is 4.39 Å². The van der Waals surface area contributed by atoms with Gasteiger partial charge in [-0.05, 0) is 24.6 Å². The maximum atomic E-state index is 13.6. The molecule has 1 saturated heterocycles. The third-order valence-corrected chi connectivity index (χ3v) is 4.59. The van der Waals surface area contributed by atoms with Crippen molar-refractivity contribution in [3.05, 3.63) is 33.5 Å². The first-order chi connectivity index (χ1) is 8.09. The summed E-state index contributed by atoms with van der Waals surface area (Å²) in [5.41, 5.74) is 0.961. The average Bonchev–Trinajstić information content (AvgIpc) is 2.35. The summed E-state index contributed by atoms with van der Waals surface area (Å²) in [6.07, 6.45) is 0. The van der Waals surface area contributed by atoms with Crippen molar-refractivity contribution in [3.8, 4) is 0 Å². The van der Waals surface area contributed by atoms with E-state index in [0.29, 0.717) is 15.6 Å². The number of thioether (sulfide) groups is 1. The minimum atomic E-state index is -0.339. The molecule has 1 amide bonds. The van der Waals surface area contributed by atoms with Crippen LogP contribution in [0.3, 0.4) is 0 Å². The number of carbonyl (C=O) groups excluding carboxylic acids is 1. The number of carbonyl (C=O) groups is 1. The predicted octanol–water partition coefficient (Wildman–Crippen LogP) is 3.09. The van der Waals surface area contributed by atoms with Crippen LogP contribution < -0.4 is 0 Å². The highest BCUT2D eigenvalue weighted by Crippen LogP contribution is 2.22. The van der Waals surface area contributed by atoms with Crippen LogP contribution >= 0.6 is 27.7 Å². The Hall–Kier alpha value is -0.550. The molecular weight excluding hydrogens is 305 g/mol. The number of benzene rings is 1. The summed E-state index contributed by atoms with van der Waals surface area (Å²) in [6, 6.07) is 3.02. The molecule has 0 N–H and O–H groups in total. The van der Waals surface area contributed by atoms with Crippen molar-refractivity contribution in [2.45, 2.75) is 6.92 Å². The van der Waals surface area contributed by atoms with Crippen molar-refractivity contribution in [1.82, 2.24) is 4.90 Å². The van der Waals surface area contributed by atoms with Crippen molar-refractivity contribution in [3.63, 3.8) is 0 Å². The zero-order chi connectivity index (χ0) is 12.4. The summed E-state index contributed by atoms with van der Waals surface area (Å²) in [7, 11) is 0. The molecule has 17 heavy (non-hydrogen) atoms. The molecule has 0 spiro atoms. The summed E-state index contributed by atoms with van der Waals surface area (Å²) < 4.78 is 14.2. The smallest absolute Gasteiger partial charge is 0.254 e. The Morgan fingerprint density at radius 2 is 2.06 bits per heavy atom. The first kappa shape index (κ1) is 12.9. The molecular formula is C12H13BrFNOS. The topological polar surface area (TPSA) is 20.3 Å². The quantitative estimate of drug-likeness (QED) is 0.793. The third kappa shape index (κ3) is 2.83. The summed E-state index contributed by atoms with van der Waals surface area (Å²) >= 11 is 5.12. The maximum absolute atomic E-state index is 13.6. The predicted molar refractivity (Wildman–Crippen MR) is 72.1 cm³/mol. The van der Waals surface area contributed by atoms with Gasteiger partial charge in [0.05, 0.1) is 0 Å². The van der Waals surface area contributed by atoms with Crippen LogP contribution in [0.15, 0.2) is 16.6 Å². The molecule has 1 heterocycles. The number of hydrogen-bond acceptors (Lipinski definition) is 2. The van der Waals surface area contributed by atoms with Crippen LogP contribution in [0.5, 0.6) is 0 Å². The maximum Gasteiger partial charge on any atom is 0.254 e. The summed E-state index contributed by atoms with van der Waals surface area (Å²) in [6.45, 7) is 3.18. The molecule has 0 unspecified atom stereocenters. The van der Waals surface area contributed by atoms with Crippen LogP contribution in [0, 0.1) is 12.7 Å². The minimum absolute atomic E-state index is 0.0788. The highest BCUT2D eigenvalue weighted by molar-refractivity contribution is 9.10. The number of hydrogen-bond donors (Lipinski definition) is 0. The van der Waals surface area contributed by atoms with Gasteiger partial charge in [0.2, 0.25) is 0 Å². The van der Waals surface area contributed by atoms with E-state index < -0.39 is 0 Å². The Balaban J connectivity index is 2.24. The zero-order valence-corrected chi connectivity index (χ0v) is 11.9. The van der Waals surface area contributed by atoms with Crippen molar-refractivity contribution in [1.29, 1.82) is 0 Å². The van der Waals surface area contributed by atoms with E-state index in [0.717, 1.165) is 24.6 Å². The molecule has 2 nitrogen and oxygen atoms in total. The fourth-order valence-corrected chi connectivity index (χ4v) is 3.06. The van der Waals surface area contributed by atoms with Gasteiger partial charge in [-0.3, -0.25) is 4.79 Å². The fraction of sp³-hybridized carbons (Fsp3) is 0.417. The second-order valence-electron chi connectivity index (χ2n) is 3.97. The van der Waals surface area contributed by atoms with Crippen LogP contribution in [0.2, 0.25) is 0 Å². The van der Waals surface area contributed by atoms with Gasteiger partial charge >= 0.3 is 0 Å². The lowest BCUT2D eigenvalue weighted by atomic mass is 10.1. The molecule has 1 aliphatic heterocycles. The van der Waals surface area contributed by atoms with Gasteiger partial charge in [-0.15, -0.1) is 0 Å². The van der Waals surface area contributed by atoms with E-state index in [9.17, 15) is 9.18 Å². The molecule has 0 saturated carbocycles. The van der Waals surface area contributed by atoms with E-state index in [1.54, 1.807) is 17.9 Å². The Bertz CT molecular complexity index is 423. The minimum Gasteiger partial charge on any atom is -0.337 e. The van der Waals surface area contributed by atoms with E-state index in [-0.39, 0.29) is 11.7 Å². The Morgan fingerprint density at radius 3 is 2.65 bits per heavy atom. The number of rotatable bonds is 1. The van der Waals surface area contributed by atoms with Crippen LogP contribution in [0.1, 0.15) is 15.9 Å². The number of halogens is 2. The van der Waals surface area contributed by atoms with Crippen molar-refractivity contribution < 1.29 is 9.18 Å². The largest absolute Gasteiger partial charge is 0.337 e. The Labute approximate surface area is 113 Å². The second-order valence-corrected chi connectivity index (χ2v) is 6.05. The van der Waals surface area contributed by atoms with Gasteiger partial charge in [-0.1, -0.05) is 15.9 Å². The molecule has 92 valence electrons. The van der Waals surface area contributed by atoms with E-state index in [1.807, 2.05) is 11.8 Å². The lowest BCUT2D eigenvalue weighted by Crippen LogP contribution is -2.37. The van der Waals surface area contributed by atoms with Gasteiger partial charge in [-0.2, -0.15) is 11.8 Å². The second kappa shape index (κ2) is 5.40. The van der Waals surface area contributed by atoms with Gasteiger partial charge in [0, 0.05) is 34.6 Å². The van der Waals surface area contributed by atoms with Crippen LogP contribution in [-0.2, 0) is 0 Å². The van der Waals surface area contributed by atoms with Crippen molar-refractivity contribution in [2.24, 2.45) is 0 Å². The Morgan fingerprint density at radius 1 is 1.41 bits per heavy atom. The highest BCUT2D eigenvalue weighted by Gasteiger charge is 2.19. The van der Waals surface area contributed by atoms with Crippen molar-refractivity contribution in [2.75, 3.05) is 24.6 Å². The fourth-order valence-electron chi connectivity index (χ4n) is 1.72. The molecule has 0 radical (unpaired) electrons. The molecule has 1 fully saturated rings. The molecule has 5 heteroatoms. The molecule has 0 aromatic heterocycles. The van der Waals surface area contributed by atoms with Gasteiger partial charge in [0.15, 0.2) is 0 Å². The normalized spacial score (nSPS) is 16.1. The summed E-state index contributed by atoms with van der Waals surface area (Å²) in [5.74, 6) is 1.50. The van der Waals surface area contributed by atoms with Gasteiger partial charge < -0.3 is 4.90 Å². The monoisotopic (exact) mass is 317 g/mol. The van der Waals surface area contributed by atoms with E-state index in [1.165, 1.54) is 6.07 Å². The SMILES string of the molecule is Cc1c(F)cc(C(=O)N2CCSCC2)cc1Br. The molecule has 0 bridgehead atoms. The van der Waals surface area contributed by atoms with Crippen molar-refractivity contribution >= 4 is 33.6 Å². The van der Waals surface area contributed by atoms with Gasteiger partial charge in [0.1, 0.15) is 5.82 Å². The first-order valence-electron chi connectivity index (χ1n) is 5.42. The summed E-state index contributed by atoms with van der Waals surface area (Å²) in [5, 5.41) is 0. The molecule has 0 atom stereocenters. The zero-order valence-electron chi connectivity index (χ0n) is 9.50. The molecule has 2 rings (SSSR count). The standard InChI is InChI=1S/C12H13BrFNOS/c1-8-10(13)6-9(7-11(8)14)12(16)15-2-4-17-5-3-15/h6-7H,2-5H2,1H3.